The number of ether oxygens (including phenoxy) is 2. The molecule has 2 amide bonds. The third-order valence-electron chi connectivity index (χ3n) is 5.10. The number of benzene rings is 2. The Labute approximate surface area is 202 Å². The van der Waals surface area contributed by atoms with Crippen molar-refractivity contribution in [1.82, 2.24) is 10.2 Å². The van der Waals surface area contributed by atoms with E-state index in [9.17, 15) is 9.59 Å². The van der Waals surface area contributed by atoms with Crippen LogP contribution in [0.15, 0.2) is 42.5 Å². The van der Waals surface area contributed by atoms with Crippen LogP contribution in [0.25, 0.3) is 0 Å². The van der Waals surface area contributed by atoms with Crippen LogP contribution in [0.4, 0.5) is 0 Å². The second kappa shape index (κ2) is 13.1. The summed E-state index contributed by atoms with van der Waals surface area (Å²) in [6.07, 6.45) is 0.799. The molecule has 7 heteroatoms. The van der Waals surface area contributed by atoms with E-state index in [0.29, 0.717) is 42.7 Å². The SMILES string of the molecule is CCOc1ccc(CCC(=O)N(Cc2ccc(Cl)cc2)C(C)C(=O)NC(C)C)cc1OCC. The number of rotatable bonds is 12. The van der Waals surface area contributed by atoms with Crippen LogP contribution in [0.2, 0.25) is 5.02 Å². The molecule has 0 aromatic heterocycles. The van der Waals surface area contributed by atoms with Gasteiger partial charge in [0.15, 0.2) is 11.5 Å². The summed E-state index contributed by atoms with van der Waals surface area (Å²) in [7, 11) is 0. The quantitative estimate of drug-likeness (QED) is 0.469. The Balaban J connectivity index is 2.17. The van der Waals surface area contributed by atoms with E-state index in [4.69, 9.17) is 21.1 Å². The zero-order valence-electron chi connectivity index (χ0n) is 20.2. The zero-order valence-corrected chi connectivity index (χ0v) is 20.9. The molecule has 2 aromatic carbocycles. The number of amides is 2. The lowest BCUT2D eigenvalue weighted by Gasteiger charge is -2.29. The molecule has 0 aliphatic carbocycles. The van der Waals surface area contributed by atoms with Crippen molar-refractivity contribution in [2.45, 2.75) is 66.1 Å². The van der Waals surface area contributed by atoms with Crippen LogP contribution in [0.5, 0.6) is 11.5 Å². The van der Waals surface area contributed by atoms with E-state index in [1.807, 2.05) is 58.0 Å². The van der Waals surface area contributed by atoms with E-state index in [2.05, 4.69) is 5.32 Å². The highest BCUT2D eigenvalue weighted by Gasteiger charge is 2.26. The molecular weight excluding hydrogens is 440 g/mol. The maximum atomic E-state index is 13.3. The number of nitrogens with one attached hydrogen (secondary N) is 1. The molecule has 0 spiro atoms. The van der Waals surface area contributed by atoms with Gasteiger partial charge in [-0.3, -0.25) is 9.59 Å². The minimum atomic E-state index is -0.602. The number of halogens is 1. The van der Waals surface area contributed by atoms with Crippen LogP contribution in [0.3, 0.4) is 0 Å². The fourth-order valence-electron chi connectivity index (χ4n) is 3.42. The van der Waals surface area contributed by atoms with Gasteiger partial charge < -0.3 is 19.7 Å². The summed E-state index contributed by atoms with van der Waals surface area (Å²) in [5.74, 6) is 1.10. The maximum absolute atomic E-state index is 13.3. The van der Waals surface area contributed by atoms with E-state index in [-0.39, 0.29) is 24.3 Å². The van der Waals surface area contributed by atoms with E-state index in [1.54, 1.807) is 24.0 Å². The minimum Gasteiger partial charge on any atom is -0.490 e. The maximum Gasteiger partial charge on any atom is 0.242 e. The van der Waals surface area contributed by atoms with E-state index >= 15 is 0 Å². The molecule has 33 heavy (non-hydrogen) atoms. The predicted octanol–water partition coefficient (Wildman–Crippen LogP) is 5.01. The number of aryl methyl sites for hydroxylation is 1. The Morgan fingerprint density at radius 2 is 1.55 bits per heavy atom. The Kier molecular flexibility index (Phi) is 10.5. The van der Waals surface area contributed by atoms with Crippen LogP contribution in [0.1, 0.15) is 52.2 Å². The third kappa shape index (κ3) is 8.28. The van der Waals surface area contributed by atoms with Gasteiger partial charge >= 0.3 is 0 Å². The van der Waals surface area contributed by atoms with Gasteiger partial charge in [-0.25, -0.2) is 0 Å². The first-order chi connectivity index (χ1) is 15.7. The van der Waals surface area contributed by atoms with Gasteiger partial charge in [0.1, 0.15) is 6.04 Å². The Hall–Kier alpha value is -2.73. The lowest BCUT2D eigenvalue weighted by Crippen LogP contribution is -2.49. The van der Waals surface area contributed by atoms with Gasteiger partial charge in [0.25, 0.3) is 0 Å². The summed E-state index contributed by atoms with van der Waals surface area (Å²) >= 11 is 6.00. The second-order valence-corrected chi connectivity index (χ2v) is 8.57. The van der Waals surface area contributed by atoms with E-state index in [0.717, 1.165) is 11.1 Å². The van der Waals surface area contributed by atoms with Crippen molar-refractivity contribution >= 4 is 23.4 Å². The molecule has 2 rings (SSSR count). The lowest BCUT2D eigenvalue weighted by atomic mass is 10.1. The molecule has 6 nitrogen and oxygen atoms in total. The van der Waals surface area contributed by atoms with Gasteiger partial charge in [0.2, 0.25) is 11.8 Å². The summed E-state index contributed by atoms with van der Waals surface area (Å²) in [6, 6.07) is 12.4. The van der Waals surface area contributed by atoms with Crippen LogP contribution < -0.4 is 14.8 Å². The molecule has 0 aliphatic rings. The van der Waals surface area contributed by atoms with Crippen molar-refractivity contribution in [2.75, 3.05) is 13.2 Å². The molecule has 0 radical (unpaired) electrons. The van der Waals surface area contributed by atoms with Crippen LogP contribution in [0, 0.1) is 0 Å². The lowest BCUT2D eigenvalue weighted by molar-refractivity contribution is -0.140. The monoisotopic (exact) mass is 474 g/mol. The average Bonchev–Trinajstić information content (AvgIpc) is 2.78. The summed E-state index contributed by atoms with van der Waals surface area (Å²) in [5.41, 5.74) is 1.89. The first-order valence-corrected chi connectivity index (χ1v) is 11.9. The number of nitrogens with zero attached hydrogens (tertiary/aromatic N) is 1. The zero-order chi connectivity index (χ0) is 24.4. The van der Waals surface area contributed by atoms with Crippen molar-refractivity contribution in [1.29, 1.82) is 0 Å². The molecular formula is C26H35ClN2O4. The molecule has 0 heterocycles. The fraction of sp³-hybridized carbons (Fsp3) is 0.462. The van der Waals surface area contributed by atoms with Crippen LogP contribution in [-0.2, 0) is 22.6 Å². The third-order valence-corrected chi connectivity index (χ3v) is 5.35. The smallest absolute Gasteiger partial charge is 0.242 e. The van der Waals surface area contributed by atoms with Crippen LogP contribution >= 0.6 is 11.6 Å². The first-order valence-electron chi connectivity index (χ1n) is 11.5. The minimum absolute atomic E-state index is 0.00623. The van der Waals surface area contributed by atoms with Gasteiger partial charge in [-0.15, -0.1) is 0 Å². The van der Waals surface area contributed by atoms with Crippen molar-refractivity contribution in [3.05, 3.63) is 58.6 Å². The highest BCUT2D eigenvalue weighted by atomic mass is 35.5. The van der Waals surface area contributed by atoms with E-state index in [1.165, 1.54) is 0 Å². The number of carbonyl (C=O) groups excluding carboxylic acids is 2. The molecule has 0 aliphatic heterocycles. The molecule has 1 atom stereocenters. The van der Waals surface area contributed by atoms with Crippen molar-refractivity contribution in [3.63, 3.8) is 0 Å². The Morgan fingerprint density at radius 1 is 0.939 bits per heavy atom. The van der Waals surface area contributed by atoms with Gasteiger partial charge in [-0.2, -0.15) is 0 Å². The average molecular weight is 475 g/mol. The summed E-state index contributed by atoms with van der Waals surface area (Å²) in [5, 5.41) is 3.53. The molecule has 2 aromatic rings. The molecule has 1 unspecified atom stereocenters. The summed E-state index contributed by atoms with van der Waals surface area (Å²) in [6.45, 7) is 10.8. The molecule has 0 fully saturated rings. The van der Waals surface area contributed by atoms with Gasteiger partial charge in [-0.05, 0) is 76.4 Å². The Bertz CT molecular complexity index is 915. The van der Waals surface area contributed by atoms with Crippen molar-refractivity contribution < 1.29 is 19.1 Å². The van der Waals surface area contributed by atoms with Gasteiger partial charge in [0.05, 0.1) is 13.2 Å². The normalized spacial score (nSPS) is 11.7. The van der Waals surface area contributed by atoms with E-state index < -0.39 is 6.04 Å². The highest BCUT2D eigenvalue weighted by Crippen LogP contribution is 2.29. The fourth-order valence-corrected chi connectivity index (χ4v) is 3.55. The molecule has 0 bridgehead atoms. The molecule has 180 valence electrons. The second-order valence-electron chi connectivity index (χ2n) is 8.13. The number of carbonyl (C=O) groups is 2. The van der Waals surface area contributed by atoms with Gasteiger partial charge in [0, 0.05) is 24.0 Å². The highest BCUT2D eigenvalue weighted by molar-refractivity contribution is 6.30. The molecule has 0 saturated heterocycles. The van der Waals surface area contributed by atoms with Gasteiger partial charge in [-0.1, -0.05) is 29.8 Å². The Morgan fingerprint density at radius 3 is 2.15 bits per heavy atom. The molecule has 0 saturated carbocycles. The van der Waals surface area contributed by atoms with Crippen molar-refractivity contribution in [3.8, 4) is 11.5 Å². The van der Waals surface area contributed by atoms with Crippen LogP contribution in [-0.4, -0.2) is 42.0 Å². The molecule has 1 N–H and O–H groups in total. The first kappa shape index (κ1) is 26.5. The topological polar surface area (TPSA) is 67.9 Å². The predicted molar refractivity (Wildman–Crippen MR) is 132 cm³/mol. The standard InChI is InChI=1S/C26H35ClN2O4/c1-6-32-23-14-10-20(16-24(23)33-7-2)11-15-25(30)29(19(5)26(31)28-18(3)4)17-21-8-12-22(27)13-9-21/h8-10,12-14,16,18-19H,6-7,11,15,17H2,1-5H3,(H,28,31). The number of hydrogen-bond acceptors (Lipinski definition) is 4. The number of hydrogen-bond donors (Lipinski definition) is 1. The largest absolute Gasteiger partial charge is 0.490 e. The summed E-state index contributed by atoms with van der Waals surface area (Å²) in [4.78, 5) is 27.6. The van der Waals surface area contributed by atoms with Crippen molar-refractivity contribution in [2.24, 2.45) is 0 Å². The summed E-state index contributed by atoms with van der Waals surface area (Å²) < 4.78 is 11.3.